The van der Waals surface area contributed by atoms with Gasteiger partial charge in [0, 0.05) is 16.1 Å². The number of nitrogens with two attached hydrogens (primary N) is 1. The molecule has 3 N–H and O–H groups in total. The van der Waals surface area contributed by atoms with E-state index in [4.69, 9.17) is 5.84 Å². The molecule has 0 radical (unpaired) electrons. The number of hydrogen-bond acceptors (Lipinski definition) is 2. The van der Waals surface area contributed by atoms with E-state index in [0.717, 1.165) is 17.3 Å². The predicted octanol–water partition coefficient (Wildman–Crippen LogP) is 3.82. The van der Waals surface area contributed by atoms with E-state index >= 15 is 0 Å². The first kappa shape index (κ1) is 13.7. The Kier molecular flexibility index (Phi) is 3.87. The van der Waals surface area contributed by atoms with Crippen molar-refractivity contribution in [1.82, 2.24) is 5.43 Å². The molecule has 1 aliphatic carbocycles. The molecular weight excluding hydrogens is 319 g/mol. The van der Waals surface area contributed by atoms with Crippen LogP contribution in [0.2, 0.25) is 0 Å². The molecule has 0 saturated carbocycles. The zero-order chi connectivity index (χ0) is 14.1. The number of fused-ring (bicyclic) bond motifs is 1. The molecule has 2 atom stereocenters. The molecule has 0 amide bonds. The first-order valence-corrected chi connectivity index (χ1v) is 7.47. The van der Waals surface area contributed by atoms with Crippen LogP contribution in [0.15, 0.2) is 46.9 Å². The van der Waals surface area contributed by atoms with E-state index in [1.807, 2.05) is 0 Å². The number of nitrogens with one attached hydrogen (secondary N) is 1. The minimum absolute atomic E-state index is 0.175. The van der Waals surface area contributed by atoms with Gasteiger partial charge in [0.1, 0.15) is 5.82 Å². The van der Waals surface area contributed by atoms with Gasteiger partial charge in [-0.1, -0.05) is 40.2 Å². The third-order valence-electron chi connectivity index (χ3n) is 4.02. The van der Waals surface area contributed by atoms with Crippen molar-refractivity contribution in [2.24, 2.45) is 5.84 Å². The van der Waals surface area contributed by atoms with Gasteiger partial charge in [0.2, 0.25) is 0 Å². The van der Waals surface area contributed by atoms with E-state index in [9.17, 15) is 4.39 Å². The van der Waals surface area contributed by atoms with Crippen LogP contribution in [0.4, 0.5) is 4.39 Å². The summed E-state index contributed by atoms with van der Waals surface area (Å²) in [6.45, 7) is 0. The van der Waals surface area contributed by atoms with Crippen molar-refractivity contribution in [2.45, 2.75) is 24.8 Å². The topological polar surface area (TPSA) is 38.0 Å². The predicted molar refractivity (Wildman–Crippen MR) is 81.7 cm³/mol. The van der Waals surface area contributed by atoms with Crippen molar-refractivity contribution < 1.29 is 4.39 Å². The molecular formula is C16H16BrFN2. The molecule has 0 aromatic heterocycles. The lowest BCUT2D eigenvalue weighted by molar-refractivity contribution is 0.421. The zero-order valence-electron chi connectivity index (χ0n) is 10.9. The molecule has 1 aliphatic rings. The molecule has 3 rings (SSSR count). The average molecular weight is 335 g/mol. The van der Waals surface area contributed by atoms with Crippen molar-refractivity contribution in [3.63, 3.8) is 0 Å². The Morgan fingerprint density at radius 1 is 1.30 bits per heavy atom. The van der Waals surface area contributed by atoms with Crippen molar-refractivity contribution in [3.8, 4) is 0 Å². The van der Waals surface area contributed by atoms with Crippen molar-refractivity contribution in [1.29, 1.82) is 0 Å². The summed E-state index contributed by atoms with van der Waals surface area (Å²) in [5.74, 6) is 5.87. The fraction of sp³-hybridized carbons (Fsp3) is 0.250. The van der Waals surface area contributed by atoms with Crippen LogP contribution in [-0.2, 0) is 6.42 Å². The van der Waals surface area contributed by atoms with E-state index in [1.54, 1.807) is 12.1 Å². The highest BCUT2D eigenvalue weighted by molar-refractivity contribution is 9.10. The molecule has 2 aromatic carbocycles. The van der Waals surface area contributed by atoms with E-state index < -0.39 is 0 Å². The summed E-state index contributed by atoms with van der Waals surface area (Å²) >= 11 is 3.38. The molecule has 0 aliphatic heterocycles. The molecule has 2 aromatic rings. The first-order chi connectivity index (χ1) is 9.69. The summed E-state index contributed by atoms with van der Waals surface area (Å²) < 4.78 is 14.8. The minimum Gasteiger partial charge on any atom is -0.271 e. The number of rotatable bonds is 4. The number of hydrazine groups is 1. The Bertz CT molecular complexity index is 630. The monoisotopic (exact) mass is 334 g/mol. The fourth-order valence-electron chi connectivity index (χ4n) is 2.92. The Balaban J connectivity index is 1.80. The highest BCUT2D eigenvalue weighted by Crippen LogP contribution is 2.41. The maximum atomic E-state index is 14.0. The molecule has 20 heavy (non-hydrogen) atoms. The van der Waals surface area contributed by atoms with Crippen LogP contribution < -0.4 is 11.3 Å². The van der Waals surface area contributed by atoms with Crippen LogP contribution in [0.3, 0.4) is 0 Å². The Labute approximate surface area is 126 Å². The van der Waals surface area contributed by atoms with Gasteiger partial charge in [-0.05, 0) is 48.1 Å². The molecule has 0 heterocycles. The highest BCUT2D eigenvalue weighted by Gasteiger charge is 2.29. The molecule has 0 bridgehead atoms. The van der Waals surface area contributed by atoms with Gasteiger partial charge in [0.15, 0.2) is 0 Å². The average Bonchev–Trinajstić information content (AvgIpc) is 2.43. The molecule has 0 fully saturated rings. The summed E-state index contributed by atoms with van der Waals surface area (Å²) in [6, 6.07) is 13.2. The highest BCUT2D eigenvalue weighted by atomic mass is 79.9. The van der Waals surface area contributed by atoms with Crippen LogP contribution in [0.1, 0.15) is 35.1 Å². The minimum atomic E-state index is -0.219. The Hall–Kier alpha value is -1.23. The van der Waals surface area contributed by atoms with Crippen LogP contribution in [0.5, 0.6) is 0 Å². The van der Waals surface area contributed by atoms with Crippen molar-refractivity contribution >= 4 is 15.9 Å². The van der Waals surface area contributed by atoms with Gasteiger partial charge in [-0.2, -0.15) is 0 Å². The van der Waals surface area contributed by atoms with Crippen LogP contribution in [0.25, 0.3) is 0 Å². The summed E-state index contributed by atoms with van der Waals surface area (Å²) in [5.41, 5.74) is 6.13. The summed E-state index contributed by atoms with van der Waals surface area (Å²) in [5, 5.41) is 0. The third-order valence-corrected chi connectivity index (χ3v) is 4.51. The second kappa shape index (κ2) is 5.64. The van der Waals surface area contributed by atoms with Crippen LogP contribution in [0, 0.1) is 5.82 Å². The largest absolute Gasteiger partial charge is 0.271 e. The van der Waals surface area contributed by atoms with E-state index in [-0.39, 0.29) is 11.9 Å². The summed E-state index contributed by atoms with van der Waals surface area (Å²) in [4.78, 5) is 0. The molecule has 0 saturated heterocycles. The second-order valence-corrected chi connectivity index (χ2v) is 6.14. The second-order valence-electron chi connectivity index (χ2n) is 5.22. The van der Waals surface area contributed by atoms with Gasteiger partial charge < -0.3 is 0 Å². The van der Waals surface area contributed by atoms with Crippen molar-refractivity contribution in [2.75, 3.05) is 0 Å². The lowest BCUT2D eigenvalue weighted by Gasteiger charge is -2.33. The molecule has 4 heteroatoms. The first-order valence-electron chi connectivity index (χ1n) is 6.68. The molecule has 2 unspecified atom stereocenters. The SMILES string of the molecule is NNC(CC1Cc2ccccc21)c1cc(Br)ccc1F. The van der Waals surface area contributed by atoms with Crippen LogP contribution >= 0.6 is 15.9 Å². The maximum absolute atomic E-state index is 14.0. The number of benzene rings is 2. The van der Waals surface area contributed by atoms with Gasteiger partial charge in [-0.3, -0.25) is 11.3 Å². The number of hydrogen-bond donors (Lipinski definition) is 2. The number of halogens is 2. The van der Waals surface area contributed by atoms with Crippen molar-refractivity contribution in [3.05, 3.63) is 69.4 Å². The van der Waals surface area contributed by atoms with Gasteiger partial charge in [-0.25, -0.2) is 4.39 Å². The molecule has 2 nitrogen and oxygen atoms in total. The maximum Gasteiger partial charge on any atom is 0.128 e. The van der Waals surface area contributed by atoms with Gasteiger partial charge in [0.05, 0.1) is 0 Å². The van der Waals surface area contributed by atoms with Gasteiger partial charge in [-0.15, -0.1) is 0 Å². The van der Waals surface area contributed by atoms with E-state index in [0.29, 0.717) is 11.5 Å². The fourth-order valence-corrected chi connectivity index (χ4v) is 3.30. The molecule has 0 spiro atoms. The standard InChI is InChI=1S/C16H16BrFN2/c17-12-5-6-15(18)14(9-12)16(20-19)8-11-7-10-3-1-2-4-13(10)11/h1-6,9,11,16,20H,7-8,19H2. The van der Waals surface area contributed by atoms with Crippen LogP contribution in [-0.4, -0.2) is 0 Å². The van der Waals surface area contributed by atoms with Gasteiger partial charge in [0.25, 0.3) is 0 Å². The zero-order valence-corrected chi connectivity index (χ0v) is 12.5. The van der Waals surface area contributed by atoms with E-state index in [2.05, 4.69) is 45.6 Å². The Morgan fingerprint density at radius 2 is 2.10 bits per heavy atom. The quantitative estimate of drug-likeness (QED) is 0.658. The summed E-state index contributed by atoms with van der Waals surface area (Å²) in [7, 11) is 0. The smallest absolute Gasteiger partial charge is 0.128 e. The Morgan fingerprint density at radius 3 is 2.85 bits per heavy atom. The summed E-state index contributed by atoms with van der Waals surface area (Å²) in [6.07, 6.45) is 1.85. The van der Waals surface area contributed by atoms with Gasteiger partial charge >= 0.3 is 0 Å². The normalized spacial score (nSPS) is 18.2. The lowest BCUT2D eigenvalue weighted by atomic mass is 9.74. The third kappa shape index (κ3) is 2.51. The van der Waals surface area contributed by atoms with E-state index in [1.165, 1.54) is 17.2 Å². The lowest BCUT2D eigenvalue weighted by Crippen LogP contribution is -2.32. The molecule has 104 valence electrons.